The highest BCUT2D eigenvalue weighted by atomic mass is 16.4. The van der Waals surface area contributed by atoms with E-state index in [0.717, 1.165) is 38.5 Å². The van der Waals surface area contributed by atoms with Crippen LogP contribution in [-0.4, -0.2) is 56.4 Å². The van der Waals surface area contributed by atoms with Gasteiger partial charge in [-0.25, -0.2) is 0 Å². The zero-order valence-corrected chi connectivity index (χ0v) is 20.9. The first-order chi connectivity index (χ1) is 15.5. The molecule has 0 saturated heterocycles. The van der Waals surface area contributed by atoms with Gasteiger partial charge in [-0.05, 0) is 97.2 Å². The molecule has 0 heterocycles. The predicted molar refractivity (Wildman–Crippen MR) is 125 cm³/mol. The third kappa shape index (κ3) is 3.78. The van der Waals surface area contributed by atoms with Crippen molar-refractivity contribution in [3.8, 4) is 0 Å². The molecule has 4 aliphatic rings. The van der Waals surface area contributed by atoms with Crippen LogP contribution in [0.3, 0.4) is 0 Å². The molecule has 2 unspecified atom stereocenters. The van der Waals surface area contributed by atoms with Gasteiger partial charge in [0.05, 0.1) is 30.8 Å². The van der Waals surface area contributed by atoms with Gasteiger partial charge in [0, 0.05) is 0 Å². The maximum absolute atomic E-state index is 11.8. The molecule has 0 aliphatic heterocycles. The topological polar surface area (TPSA) is 118 Å². The summed E-state index contributed by atoms with van der Waals surface area (Å²) < 4.78 is 0. The van der Waals surface area contributed by atoms with Gasteiger partial charge in [0.25, 0.3) is 0 Å². The van der Waals surface area contributed by atoms with Gasteiger partial charge in [0.1, 0.15) is 0 Å². The lowest BCUT2D eigenvalue weighted by Gasteiger charge is -2.65. The SMILES string of the molecule is CC[C@H]1[C@@H](O)[C@H]2C3CC[C@H]([C@H](C)C[C@@H](CO)C(=O)O)[C@@]3(C)[C@@H](O)CC2[C@@]2(C)CC[C@@H](O)C[C@@H]12. The highest BCUT2D eigenvalue weighted by Crippen LogP contribution is 2.69. The van der Waals surface area contributed by atoms with Gasteiger partial charge in [0.2, 0.25) is 0 Å². The number of rotatable bonds is 6. The van der Waals surface area contributed by atoms with E-state index in [-0.39, 0.29) is 65.0 Å². The molecule has 0 aromatic heterocycles. The van der Waals surface area contributed by atoms with Crippen LogP contribution in [0, 0.1) is 58.2 Å². The minimum absolute atomic E-state index is 0.0289. The second kappa shape index (κ2) is 9.07. The molecule has 4 saturated carbocycles. The van der Waals surface area contributed by atoms with Gasteiger partial charge >= 0.3 is 5.97 Å². The Balaban J connectivity index is 1.65. The van der Waals surface area contributed by atoms with Gasteiger partial charge in [-0.2, -0.15) is 0 Å². The summed E-state index contributed by atoms with van der Waals surface area (Å²) in [7, 11) is 0. The molecule has 0 bridgehead atoms. The molecule has 0 aromatic rings. The van der Waals surface area contributed by atoms with Crippen LogP contribution in [0.25, 0.3) is 0 Å². The standard InChI is InChI=1S/C27H46O6/c1-5-17-20-11-16(29)8-9-26(20,3)21-12-22(30)27(4)18(6-7-19(27)23(21)24(17)31)14(2)10-15(13-28)25(32)33/h14-24,28-31H,5-13H2,1-4H3,(H,32,33)/t14-,15+,16-,17-,18-,19?,20+,21?,22+,23+,24-,26+,27-/m1/s1. The van der Waals surface area contributed by atoms with Gasteiger partial charge in [-0.3, -0.25) is 4.79 Å². The number of hydrogen-bond acceptors (Lipinski definition) is 5. The fraction of sp³-hybridized carbons (Fsp3) is 0.963. The Kier molecular flexibility index (Phi) is 6.98. The molecule has 6 heteroatoms. The van der Waals surface area contributed by atoms with Crippen LogP contribution in [0.1, 0.15) is 79.1 Å². The normalized spacial score (nSPS) is 51.2. The molecule has 4 aliphatic carbocycles. The van der Waals surface area contributed by atoms with Gasteiger partial charge in [-0.1, -0.05) is 34.1 Å². The van der Waals surface area contributed by atoms with Crippen LogP contribution < -0.4 is 0 Å². The zero-order valence-electron chi connectivity index (χ0n) is 20.9. The first-order valence-corrected chi connectivity index (χ1v) is 13.4. The number of carbonyl (C=O) groups is 1. The molecular weight excluding hydrogens is 420 g/mol. The summed E-state index contributed by atoms with van der Waals surface area (Å²) in [6, 6.07) is 0. The Bertz CT molecular complexity index is 727. The lowest BCUT2D eigenvalue weighted by molar-refractivity contribution is -0.228. The first kappa shape index (κ1) is 25.4. The average molecular weight is 467 g/mol. The number of hydrogen-bond donors (Lipinski definition) is 5. The highest BCUT2D eigenvalue weighted by Gasteiger charge is 2.67. The van der Waals surface area contributed by atoms with E-state index in [0.29, 0.717) is 12.8 Å². The Morgan fingerprint density at radius 2 is 1.73 bits per heavy atom. The Labute approximate surface area is 198 Å². The second-order valence-electron chi connectivity index (χ2n) is 12.6. The van der Waals surface area contributed by atoms with E-state index >= 15 is 0 Å². The predicted octanol–water partition coefficient (Wildman–Crippen LogP) is 3.30. The van der Waals surface area contributed by atoms with Crippen molar-refractivity contribution >= 4 is 5.97 Å². The molecule has 4 fully saturated rings. The molecule has 13 atom stereocenters. The molecular formula is C27H46O6. The van der Waals surface area contributed by atoms with Crippen LogP contribution in [0.5, 0.6) is 0 Å². The van der Waals surface area contributed by atoms with Crippen molar-refractivity contribution in [2.75, 3.05) is 6.61 Å². The highest BCUT2D eigenvalue weighted by molar-refractivity contribution is 5.70. The van der Waals surface area contributed by atoms with Crippen LogP contribution in [0.2, 0.25) is 0 Å². The van der Waals surface area contributed by atoms with Crippen molar-refractivity contribution in [3.05, 3.63) is 0 Å². The molecule has 33 heavy (non-hydrogen) atoms. The minimum atomic E-state index is -0.958. The number of carboxylic acid groups (broad SMARTS) is 1. The molecule has 0 aromatic carbocycles. The van der Waals surface area contributed by atoms with Gasteiger partial charge in [-0.15, -0.1) is 0 Å². The number of aliphatic hydroxyl groups is 4. The maximum atomic E-state index is 11.8. The van der Waals surface area contributed by atoms with Crippen molar-refractivity contribution in [3.63, 3.8) is 0 Å². The maximum Gasteiger partial charge on any atom is 0.308 e. The summed E-state index contributed by atoms with van der Waals surface area (Å²) in [5, 5.41) is 52.9. The number of carboxylic acids is 1. The van der Waals surface area contributed by atoms with Crippen molar-refractivity contribution < 1.29 is 30.3 Å². The smallest absolute Gasteiger partial charge is 0.308 e. The minimum Gasteiger partial charge on any atom is -0.481 e. The van der Waals surface area contributed by atoms with Crippen LogP contribution >= 0.6 is 0 Å². The summed E-state index contributed by atoms with van der Waals surface area (Å²) >= 11 is 0. The zero-order chi connectivity index (χ0) is 24.3. The van der Waals surface area contributed by atoms with Gasteiger partial charge in [0.15, 0.2) is 0 Å². The quantitative estimate of drug-likeness (QED) is 0.410. The van der Waals surface area contributed by atoms with Crippen LogP contribution in [0.4, 0.5) is 0 Å². The van der Waals surface area contributed by atoms with E-state index in [1.807, 2.05) is 0 Å². The van der Waals surface area contributed by atoms with E-state index in [1.165, 1.54) is 0 Å². The lowest BCUT2D eigenvalue weighted by Crippen LogP contribution is -2.65. The summed E-state index contributed by atoms with van der Waals surface area (Å²) in [5.74, 6) is -0.402. The first-order valence-electron chi connectivity index (χ1n) is 13.4. The monoisotopic (exact) mass is 466 g/mol. The Morgan fingerprint density at radius 3 is 2.33 bits per heavy atom. The largest absolute Gasteiger partial charge is 0.481 e. The van der Waals surface area contributed by atoms with Crippen molar-refractivity contribution in [1.29, 1.82) is 0 Å². The Morgan fingerprint density at radius 1 is 1.03 bits per heavy atom. The van der Waals surface area contributed by atoms with Crippen LogP contribution in [-0.2, 0) is 4.79 Å². The van der Waals surface area contributed by atoms with Crippen molar-refractivity contribution in [1.82, 2.24) is 0 Å². The van der Waals surface area contributed by atoms with E-state index in [4.69, 9.17) is 0 Å². The lowest BCUT2D eigenvalue weighted by atomic mass is 9.41. The third-order valence-corrected chi connectivity index (χ3v) is 11.5. The molecule has 190 valence electrons. The van der Waals surface area contributed by atoms with E-state index in [1.54, 1.807) is 0 Å². The molecule has 5 N–H and O–H groups in total. The number of aliphatic carboxylic acids is 1. The molecule has 4 rings (SSSR count). The molecule has 0 amide bonds. The average Bonchev–Trinajstić information content (AvgIpc) is 3.12. The van der Waals surface area contributed by atoms with E-state index < -0.39 is 24.1 Å². The summed E-state index contributed by atoms with van der Waals surface area (Å²) in [6.07, 6.45) is 5.21. The third-order valence-electron chi connectivity index (χ3n) is 11.5. The fourth-order valence-corrected chi connectivity index (χ4v) is 9.76. The van der Waals surface area contributed by atoms with Crippen molar-refractivity contribution in [2.24, 2.45) is 58.2 Å². The second-order valence-corrected chi connectivity index (χ2v) is 12.6. The summed E-state index contributed by atoms with van der Waals surface area (Å²) in [6.45, 7) is 8.43. The summed E-state index contributed by atoms with van der Waals surface area (Å²) in [5.41, 5.74) is -0.323. The molecule has 0 radical (unpaired) electrons. The van der Waals surface area contributed by atoms with E-state index in [9.17, 15) is 30.3 Å². The number of fused-ring (bicyclic) bond motifs is 5. The molecule has 6 nitrogen and oxygen atoms in total. The number of aliphatic hydroxyl groups excluding tert-OH is 4. The Hall–Kier alpha value is -0.690. The fourth-order valence-electron chi connectivity index (χ4n) is 9.76. The van der Waals surface area contributed by atoms with E-state index in [2.05, 4.69) is 27.7 Å². The van der Waals surface area contributed by atoms with Crippen molar-refractivity contribution in [2.45, 2.75) is 97.4 Å². The molecule has 0 spiro atoms. The van der Waals surface area contributed by atoms with Crippen LogP contribution in [0.15, 0.2) is 0 Å². The summed E-state index contributed by atoms with van der Waals surface area (Å²) in [4.78, 5) is 11.5. The van der Waals surface area contributed by atoms with Gasteiger partial charge < -0.3 is 25.5 Å².